The van der Waals surface area contributed by atoms with Crippen LogP contribution in [0.25, 0.3) is 0 Å². The summed E-state index contributed by atoms with van der Waals surface area (Å²) in [5.41, 5.74) is 0. The van der Waals surface area contributed by atoms with Gasteiger partial charge in [-0.1, -0.05) is 6.07 Å². The highest BCUT2D eigenvalue weighted by Crippen LogP contribution is 2.01. The van der Waals surface area contributed by atoms with Crippen LogP contribution in [0.1, 0.15) is 0 Å². The molecule has 0 amide bonds. The van der Waals surface area contributed by atoms with Crippen molar-refractivity contribution in [1.29, 1.82) is 0 Å². The normalized spacial score (nSPS) is 9.11. The molecule has 0 radical (unpaired) electrons. The number of hydroxylamine groups is 1. The summed E-state index contributed by atoms with van der Waals surface area (Å²) in [5.74, 6) is 0.553. The molecular weight excluding hydrogens is 116 g/mol. The molecule has 0 atom stereocenters. The monoisotopic (exact) mass is 124 g/mol. The first-order valence-corrected chi connectivity index (χ1v) is 2.64. The fourth-order valence-corrected chi connectivity index (χ4v) is 0.545. The summed E-state index contributed by atoms with van der Waals surface area (Å²) in [6.07, 6.45) is 1.63. The first kappa shape index (κ1) is 6.04. The van der Waals surface area contributed by atoms with Gasteiger partial charge in [-0.3, -0.25) is 5.21 Å². The second kappa shape index (κ2) is 2.46. The predicted octanol–water partition coefficient (Wildman–Crippen LogP) is 0.907. The first-order chi connectivity index (χ1) is 4.30. The molecular formula is C6H8N2O. The van der Waals surface area contributed by atoms with Gasteiger partial charge in [0.2, 0.25) is 0 Å². The molecule has 0 aliphatic heterocycles. The average Bonchev–Trinajstić information content (AvgIpc) is 1.90. The highest BCUT2D eigenvalue weighted by atomic mass is 16.5. The minimum Gasteiger partial charge on any atom is -0.287 e. The van der Waals surface area contributed by atoms with Gasteiger partial charge in [0, 0.05) is 13.2 Å². The van der Waals surface area contributed by atoms with Crippen LogP contribution >= 0.6 is 0 Å². The van der Waals surface area contributed by atoms with E-state index in [0.717, 1.165) is 5.06 Å². The lowest BCUT2D eigenvalue weighted by atomic mass is 10.5. The van der Waals surface area contributed by atoms with Gasteiger partial charge in [0.25, 0.3) is 0 Å². The van der Waals surface area contributed by atoms with E-state index >= 15 is 0 Å². The Balaban J connectivity index is 2.85. The number of nitrogens with zero attached hydrogens (tertiary/aromatic N) is 2. The Hall–Kier alpha value is -1.09. The lowest BCUT2D eigenvalue weighted by Gasteiger charge is -2.06. The molecule has 1 N–H and O–H groups in total. The van der Waals surface area contributed by atoms with Crippen molar-refractivity contribution in [2.24, 2.45) is 0 Å². The number of aromatic nitrogens is 1. The van der Waals surface area contributed by atoms with E-state index in [4.69, 9.17) is 5.21 Å². The molecule has 0 unspecified atom stereocenters. The molecule has 1 rings (SSSR count). The maximum Gasteiger partial charge on any atom is 0.151 e. The molecule has 1 aromatic heterocycles. The zero-order valence-electron chi connectivity index (χ0n) is 5.15. The van der Waals surface area contributed by atoms with E-state index in [1.54, 1.807) is 18.3 Å². The van der Waals surface area contributed by atoms with Crippen molar-refractivity contribution in [2.45, 2.75) is 0 Å². The topological polar surface area (TPSA) is 36.4 Å². The molecule has 0 aromatic carbocycles. The quantitative estimate of drug-likeness (QED) is 0.565. The van der Waals surface area contributed by atoms with Crippen molar-refractivity contribution < 1.29 is 5.21 Å². The Morgan fingerprint density at radius 2 is 2.33 bits per heavy atom. The molecule has 3 heteroatoms. The Labute approximate surface area is 53.5 Å². The zero-order valence-corrected chi connectivity index (χ0v) is 5.15. The predicted molar refractivity (Wildman–Crippen MR) is 34.4 cm³/mol. The summed E-state index contributed by atoms with van der Waals surface area (Å²) in [6, 6.07) is 5.34. The van der Waals surface area contributed by atoms with E-state index in [1.165, 1.54) is 7.05 Å². The number of pyridine rings is 1. The minimum atomic E-state index is 0.553. The molecule has 0 spiro atoms. The molecule has 0 fully saturated rings. The van der Waals surface area contributed by atoms with Crippen molar-refractivity contribution in [1.82, 2.24) is 4.98 Å². The molecule has 3 nitrogen and oxygen atoms in total. The van der Waals surface area contributed by atoms with Crippen molar-refractivity contribution in [2.75, 3.05) is 12.1 Å². The number of hydrogen-bond acceptors (Lipinski definition) is 3. The maximum atomic E-state index is 8.79. The number of anilines is 1. The van der Waals surface area contributed by atoms with E-state index < -0.39 is 0 Å². The third-order valence-corrected chi connectivity index (χ3v) is 0.981. The molecule has 0 saturated carbocycles. The van der Waals surface area contributed by atoms with Crippen molar-refractivity contribution in [3.8, 4) is 0 Å². The number of hydrogen-bond donors (Lipinski definition) is 1. The molecule has 48 valence electrons. The Kier molecular flexibility index (Phi) is 1.65. The molecule has 1 aromatic rings. The minimum absolute atomic E-state index is 0.553. The third kappa shape index (κ3) is 1.40. The lowest BCUT2D eigenvalue weighted by molar-refractivity contribution is 0.276. The maximum absolute atomic E-state index is 8.79. The smallest absolute Gasteiger partial charge is 0.151 e. The van der Waals surface area contributed by atoms with Crippen LogP contribution in [0.4, 0.5) is 5.82 Å². The van der Waals surface area contributed by atoms with Crippen LogP contribution in [0, 0.1) is 0 Å². The zero-order chi connectivity index (χ0) is 6.69. The van der Waals surface area contributed by atoms with Crippen molar-refractivity contribution in [3.63, 3.8) is 0 Å². The van der Waals surface area contributed by atoms with E-state index in [0.29, 0.717) is 5.82 Å². The highest BCUT2D eigenvalue weighted by Gasteiger charge is 1.91. The largest absolute Gasteiger partial charge is 0.287 e. The molecule has 1 heterocycles. The Morgan fingerprint density at radius 3 is 2.67 bits per heavy atom. The molecule has 9 heavy (non-hydrogen) atoms. The van der Waals surface area contributed by atoms with Crippen LogP contribution in [0.15, 0.2) is 24.4 Å². The lowest BCUT2D eigenvalue weighted by Crippen LogP contribution is -2.10. The average molecular weight is 124 g/mol. The van der Waals surface area contributed by atoms with Gasteiger partial charge in [-0.25, -0.2) is 10.0 Å². The van der Waals surface area contributed by atoms with E-state index in [2.05, 4.69) is 4.98 Å². The fourth-order valence-electron chi connectivity index (χ4n) is 0.545. The fraction of sp³-hybridized carbons (Fsp3) is 0.167. The summed E-state index contributed by atoms with van der Waals surface area (Å²) in [5, 5.41) is 9.77. The summed E-state index contributed by atoms with van der Waals surface area (Å²) in [6.45, 7) is 0. The summed E-state index contributed by atoms with van der Waals surface area (Å²) >= 11 is 0. The van der Waals surface area contributed by atoms with Gasteiger partial charge in [0.05, 0.1) is 0 Å². The second-order valence-corrected chi connectivity index (χ2v) is 1.71. The van der Waals surface area contributed by atoms with Crippen LogP contribution < -0.4 is 5.06 Å². The van der Waals surface area contributed by atoms with Crippen LogP contribution in [-0.4, -0.2) is 17.2 Å². The van der Waals surface area contributed by atoms with Crippen LogP contribution in [0.3, 0.4) is 0 Å². The summed E-state index contributed by atoms with van der Waals surface area (Å²) < 4.78 is 0. The van der Waals surface area contributed by atoms with Gasteiger partial charge in [0.1, 0.15) is 0 Å². The standard InChI is InChI=1S/C6H8N2O/c1-8(9)6-4-2-3-5-7-6/h2-5,9H,1H3. The Morgan fingerprint density at radius 1 is 1.56 bits per heavy atom. The van der Waals surface area contributed by atoms with E-state index in [-0.39, 0.29) is 0 Å². The molecule has 0 aliphatic carbocycles. The van der Waals surface area contributed by atoms with Crippen LogP contribution in [0.5, 0.6) is 0 Å². The van der Waals surface area contributed by atoms with Crippen molar-refractivity contribution >= 4 is 5.82 Å². The Bertz CT molecular complexity index is 174. The van der Waals surface area contributed by atoms with E-state index in [1.807, 2.05) is 6.07 Å². The van der Waals surface area contributed by atoms with Crippen LogP contribution in [-0.2, 0) is 0 Å². The van der Waals surface area contributed by atoms with Gasteiger partial charge < -0.3 is 0 Å². The van der Waals surface area contributed by atoms with Crippen molar-refractivity contribution in [3.05, 3.63) is 24.4 Å². The summed E-state index contributed by atoms with van der Waals surface area (Å²) in [7, 11) is 1.53. The molecule has 0 bridgehead atoms. The highest BCUT2D eigenvalue weighted by molar-refractivity contribution is 5.32. The summed E-state index contributed by atoms with van der Waals surface area (Å²) in [4.78, 5) is 3.85. The number of rotatable bonds is 1. The second-order valence-electron chi connectivity index (χ2n) is 1.71. The van der Waals surface area contributed by atoms with E-state index in [9.17, 15) is 0 Å². The van der Waals surface area contributed by atoms with Gasteiger partial charge in [0.15, 0.2) is 5.82 Å². The van der Waals surface area contributed by atoms with Crippen LogP contribution in [0.2, 0.25) is 0 Å². The first-order valence-electron chi connectivity index (χ1n) is 2.64. The molecule has 0 aliphatic rings. The van der Waals surface area contributed by atoms with Gasteiger partial charge in [-0.05, 0) is 12.1 Å². The molecule has 0 saturated heterocycles. The SMILES string of the molecule is CN(O)c1ccccn1. The third-order valence-electron chi connectivity index (χ3n) is 0.981. The van der Waals surface area contributed by atoms with Gasteiger partial charge >= 0.3 is 0 Å². The van der Waals surface area contributed by atoms with Gasteiger partial charge in [-0.15, -0.1) is 0 Å². The van der Waals surface area contributed by atoms with Gasteiger partial charge in [-0.2, -0.15) is 0 Å².